The van der Waals surface area contributed by atoms with Gasteiger partial charge >= 0.3 is 0 Å². The molecular formula is C16H26ClN3O2. The lowest BCUT2D eigenvalue weighted by molar-refractivity contribution is -0.125. The van der Waals surface area contributed by atoms with Crippen LogP contribution >= 0.6 is 12.4 Å². The van der Waals surface area contributed by atoms with Gasteiger partial charge in [0, 0.05) is 0 Å². The minimum atomic E-state index is -0.336. The summed E-state index contributed by atoms with van der Waals surface area (Å²) >= 11 is 0. The number of hydrogen-bond donors (Lipinski definition) is 3. The molecule has 1 atom stereocenters. The maximum absolute atomic E-state index is 12.0. The van der Waals surface area contributed by atoms with Crippen molar-refractivity contribution in [2.45, 2.75) is 33.2 Å². The average Bonchev–Trinajstić information content (AvgIpc) is 2.43. The second kappa shape index (κ2) is 9.43. The molecule has 0 bridgehead atoms. The van der Waals surface area contributed by atoms with Gasteiger partial charge < -0.3 is 16.4 Å². The summed E-state index contributed by atoms with van der Waals surface area (Å²) in [5, 5.41) is 5.45. The Labute approximate surface area is 138 Å². The van der Waals surface area contributed by atoms with E-state index in [1.165, 1.54) is 0 Å². The van der Waals surface area contributed by atoms with Crippen LogP contribution in [-0.4, -0.2) is 24.9 Å². The van der Waals surface area contributed by atoms with Crippen LogP contribution in [0.2, 0.25) is 0 Å². The van der Waals surface area contributed by atoms with E-state index in [0.717, 1.165) is 12.0 Å². The van der Waals surface area contributed by atoms with Crippen LogP contribution in [0.15, 0.2) is 30.3 Å². The predicted molar refractivity (Wildman–Crippen MR) is 90.7 cm³/mol. The molecule has 0 aliphatic carbocycles. The molecule has 1 unspecified atom stereocenters. The second-order valence-corrected chi connectivity index (χ2v) is 6.28. The van der Waals surface area contributed by atoms with Crippen molar-refractivity contribution in [1.82, 2.24) is 10.6 Å². The molecule has 124 valence electrons. The van der Waals surface area contributed by atoms with E-state index in [1.807, 2.05) is 30.3 Å². The number of carbonyl (C=O) groups is 2. The molecule has 0 saturated carbocycles. The van der Waals surface area contributed by atoms with Crippen LogP contribution in [0.5, 0.6) is 0 Å². The lowest BCUT2D eigenvalue weighted by Crippen LogP contribution is -2.41. The zero-order valence-electron chi connectivity index (χ0n) is 13.4. The van der Waals surface area contributed by atoms with Crippen molar-refractivity contribution >= 4 is 24.2 Å². The molecule has 1 aromatic carbocycles. The summed E-state index contributed by atoms with van der Waals surface area (Å²) in [4.78, 5) is 23.1. The molecule has 0 aliphatic heterocycles. The van der Waals surface area contributed by atoms with Gasteiger partial charge in [0.2, 0.25) is 11.8 Å². The molecule has 4 N–H and O–H groups in total. The quantitative estimate of drug-likeness (QED) is 0.744. The first-order valence-electron chi connectivity index (χ1n) is 7.13. The maximum Gasteiger partial charge on any atom is 0.239 e. The molecule has 0 aromatic heterocycles. The third kappa shape index (κ3) is 8.00. The normalized spacial score (nSPS) is 12.0. The number of carbonyl (C=O) groups excluding carboxylic acids is 2. The van der Waals surface area contributed by atoms with Gasteiger partial charge in [-0.3, -0.25) is 9.59 Å². The highest BCUT2D eigenvalue weighted by molar-refractivity contribution is 5.85. The van der Waals surface area contributed by atoms with Crippen molar-refractivity contribution < 1.29 is 9.59 Å². The first kappa shape index (κ1) is 20.4. The Bertz CT molecular complexity index is 472. The maximum atomic E-state index is 12.0. The number of benzene rings is 1. The van der Waals surface area contributed by atoms with E-state index in [0.29, 0.717) is 0 Å². The summed E-state index contributed by atoms with van der Waals surface area (Å²) in [6, 6.07) is 9.76. The summed E-state index contributed by atoms with van der Waals surface area (Å²) in [5.41, 5.74) is 6.33. The molecule has 0 fully saturated rings. The monoisotopic (exact) mass is 327 g/mol. The number of nitrogens with two attached hydrogens (primary N) is 1. The fourth-order valence-corrected chi connectivity index (χ4v) is 2.05. The largest absolute Gasteiger partial charge is 0.348 e. The van der Waals surface area contributed by atoms with Crippen LogP contribution in [-0.2, 0) is 9.59 Å². The highest BCUT2D eigenvalue weighted by atomic mass is 35.5. The Morgan fingerprint density at radius 3 is 2.23 bits per heavy atom. The zero-order valence-corrected chi connectivity index (χ0v) is 14.2. The molecule has 1 rings (SSSR count). The van der Waals surface area contributed by atoms with Crippen molar-refractivity contribution in [3.05, 3.63) is 35.9 Å². The summed E-state index contributed by atoms with van der Waals surface area (Å²) in [5.74, 6) is -0.549. The van der Waals surface area contributed by atoms with Crippen LogP contribution in [0.25, 0.3) is 0 Å². The highest BCUT2D eigenvalue weighted by Gasteiger charge is 2.21. The van der Waals surface area contributed by atoms with E-state index >= 15 is 0 Å². The standard InChI is InChI=1S/C16H25N3O2.ClH/c1-16(2,3)9-13(12-7-5-4-6-8-12)19-15(21)11-18-14(20)10-17;/h4-8,13H,9-11,17H2,1-3H3,(H,18,20)(H,19,21);1H. The molecular weight excluding hydrogens is 302 g/mol. The molecule has 0 aliphatic rings. The van der Waals surface area contributed by atoms with Crippen LogP contribution in [0.1, 0.15) is 38.8 Å². The lowest BCUT2D eigenvalue weighted by atomic mass is 9.85. The number of amides is 2. The molecule has 2 amide bonds. The Morgan fingerprint density at radius 1 is 1.14 bits per heavy atom. The van der Waals surface area contributed by atoms with E-state index in [1.54, 1.807) is 0 Å². The van der Waals surface area contributed by atoms with E-state index in [2.05, 4.69) is 31.4 Å². The molecule has 5 nitrogen and oxygen atoms in total. The van der Waals surface area contributed by atoms with Crippen LogP contribution in [0, 0.1) is 5.41 Å². The number of halogens is 1. The Balaban J connectivity index is 0.00000441. The van der Waals surface area contributed by atoms with Gasteiger partial charge in [0.25, 0.3) is 0 Å². The minimum absolute atomic E-state index is 0. The summed E-state index contributed by atoms with van der Waals surface area (Å²) in [6.07, 6.45) is 0.813. The van der Waals surface area contributed by atoms with Gasteiger partial charge in [-0.25, -0.2) is 0 Å². The third-order valence-electron chi connectivity index (χ3n) is 2.99. The number of hydrogen-bond acceptors (Lipinski definition) is 3. The second-order valence-electron chi connectivity index (χ2n) is 6.28. The van der Waals surface area contributed by atoms with Crippen LogP contribution < -0.4 is 16.4 Å². The van der Waals surface area contributed by atoms with Gasteiger partial charge in [0.15, 0.2) is 0 Å². The molecule has 0 heterocycles. The summed E-state index contributed by atoms with van der Waals surface area (Å²) in [7, 11) is 0. The SMILES string of the molecule is CC(C)(C)CC(NC(=O)CNC(=O)CN)c1ccccc1.Cl. The van der Waals surface area contributed by atoms with Gasteiger partial charge in [-0.05, 0) is 17.4 Å². The average molecular weight is 328 g/mol. The van der Waals surface area contributed by atoms with Crippen LogP contribution in [0.4, 0.5) is 0 Å². The first-order valence-corrected chi connectivity index (χ1v) is 7.13. The van der Waals surface area contributed by atoms with E-state index in [9.17, 15) is 9.59 Å². The van der Waals surface area contributed by atoms with Crippen molar-refractivity contribution in [2.24, 2.45) is 11.1 Å². The molecule has 0 spiro atoms. The fourth-order valence-electron chi connectivity index (χ4n) is 2.05. The Kier molecular flexibility index (Phi) is 8.75. The van der Waals surface area contributed by atoms with Crippen molar-refractivity contribution in [2.75, 3.05) is 13.1 Å². The minimum Gasteiger partial charge on any atom is -0.348 e. The van der Waals surface area contributed by atoms with Gasteiger partial charge in [-0.2, -0.15) is 0 Å². The molecule has 22 heavy (non-hydrogen) atoms. The molecule has 0 radical (unpaired) electrons. The van der Waals surface area contributed by atoms with Crippen molar-refractivity contribution in [3.8, 4) is 0 Å². The molecule has 6 heteroatoms. The third-order valence-corrected chi connectivity index (χ3v) is 2.99. The van der Waals surface area contributed by atoms with Gasteiger partial charge in [-0.15, -0.1) is 12.4 Å². The van der Waals surface area contributed by atoms with Crippen LogP contribution in [0.3, 0.4) is 0 Å². The number of nitrogens with one attached hydrogen (secondary N) is 2. The summed E-state index contributed by atoms with van der Waals surface area (Å²) in [6.45, 7) is 6.22. The summed E-state index contributed by atoms with van der Waals surface area (Å²) < 4.78 is 0. The predicted octanol–water partition coefficient (Wildman–Crippen LogP) is 1.78. The zero-order chi connectivity index (χ0) is 15.9. The van der Waals surface area contributed by atoms with E-state index < -0.39 is 0 Å². The lowest BCUT2D eigenvalue weighted by Gasteiger charge is -2.27. The van der Waals surface area contributed by atoms with Gasteiger partial charge in [0.05, 0.1) is 19.1 Å². The molecule has 1 aromatic rings. The number of rotatable bonds is 6. The first-order chi connectivity index (χ1) is 9.81. The van der Waals surface area contributed by atoms with E-state index in [4.69, 9.17) is 5.73 Å². The van der Waals surface area contributed by atoms with Crippen molar-refractivity contribution in [1.29, 1.82) is 0 Å². The van der Waals surface area contributed by atoms with E-state index in [-0.39, 0.29) is 48.8 Å². The highest BCUT2D eigenvalue weighted by Crippen LogP contribution is 2.29. The Hall–Kier alpha value is -1.59. The topological polar surface area (TPSA) is 84.2 Å². The van der Waals surface area contributed by atoms with Gasteiger partial charge in [-0.1, -0.05) is 51.1 Å². The smallest absolute Gasteiger partial charge is 0.239 e. The van der Waals surface area contributed by atoms with Gasteiger partial charge in [0.1, 0.15) is 0 Å². The molecule has 0 saturated heterocycles. The van der Waals surface area contributed by atoms with Crippen molar-refractivity contribution in [3.63, 3.8) is 0 Å². The fraction of sp³-hybridized carbons (Fsp3) is 0.500. The Morgan fingerprint density at radius 2 is 1.73 bits per heavy atom.